The zero-order valence-corrected chi connectivity index (χ0v) is 14.0. The number of amides is 3. The van der Waals surface area contributed by atoms with E-state index in [1.54, 1.807) is 54.6 Å². The van der Waals surface area contributed by atoms with Gasteiger partial charge in [0, 0.05) is 10.2 Å². The van der Waals surface area contributed by atoms with Crippen LogP contribution >= 0.6 is 15.9 Å². The van der Waals surface area contributed by atoms with Crippen molar-refractivity contribution in [1.82, 2.24) is 10.9 Å². The van der Waals surface area contributed by atoms with Crippen molar-refractivity contribution in [3.8, 4) is 5.75 Å². The summed E-state index contributed by atoms with van der Waals surface area (Å²) in [6.45, 7) is -0.303. The van der Waals surface area contributed by atoms with Crippen molar-refractivity contribution in [2.75, 3.05) is 11.9 Å². The quantitative estimate of drug-likeness (QED) is 0.544. The summed E-state index contributed by atoms with van der Waals surface area (Å²) in [6.07, 6.45) is 0. The summed E-state index contributed by atoms with van der Waals surface area (Å²) in [7, 11) is 0. The minimum absolute atomic E-state index is 0.303. The molecular formula is C16H14BrN3O4. The summed E-state index contributed by atoms with van der Waals surface area (Å²) < 4.78 is 6.11. The highest BCUT2D eigenvalue weighted by molar-refractivity contribution is 9.10. The second-order valence-electron chi connectivity index (χ2n) is 4.57. The standard InChI is InChI=1S/C16H14BrN3O4/c17-11-6-8-13(9-7-11)24-10-14(21)19-20-16(23)15(22)18-12-4-2-1-3-5-12/h1-9H,10H2,(H,18,22)(H,19,21)(H,20,23). The van der Waals surface area contributed by atoms with Crippen molar-refractivity contribution in [2.45, 2.75) is 0 Å². The lowest BCUT2D eigenvalue weighted by Crippen LogP contribution is -2.48. The molecule has 0 saturated heterocycles. The first-order valence-electron chi connectivity index (χ1n) is 6.88. The van der Waals surface area contributed by atoms with E-state index in [2.05, 4.69) is 26.7 Å². The zero-order chi connectivity index (χ0) is 17.4. The van der Waals surface area contributed by atoms with Gasteiger partial charge in [0.25, 0.3) is 5.91 Å². The molecule has 0 heterocycles. The molecule has 0 bridgehead atoms. The number of hydrazine groups is 1. The summed E-state index contributed by atoms with van der Waals surface area (Å²) >= 11 is 3.28. The first-order valence-corrected chi connectivity index (χ1v) is 7.67. The van der Waals surface area contributed by atoms with Crippen molar-refractivity contribution < 1.29 is 19.1 Å². The van der Waals surface area contributed by atoms with E-state index in [1.165, 1.54) is 0 Å². The Morgan fingerprint density at radius 3 is 2.21 bits per heavy atom. The van der Waals surface area contributed by atoms with Gasteiger partial charge < -0.3 is 10.1 Å². The molecule has 0 atom stereocenters. The number of para-hydroxylation sites is 1. The Labute approximate surface area is 146 Å². The number of hydrogen-bond acceptors (Lipinski definition) is 4. The third-order valence-corrected chi connectivity index (χ3v) is 3.27. The number of hydrogen-bond donors (Lipinski definition) is 3. The van der Waals surface area contributed by atoms with E-state index in [0.717, 1.165) is 4.47 Å². The van der Waals surface area contributed by atoms with Gasteiger partial charge in [0.05, 0.1) is 0 Å². The molecule has 0 aliphatic rings. The van der Waals surface area contributed by atoms with E-state index in [0.29, 0.717) is 11.4 Å². The molecule has 2 aromatic rings. The lowest BCUT2D eigenvalue weighted by molar-refractivity contribution is -0.138. The van der Waals surface area contributed by atoms with Crippen molar-refractivity contribution in [2.24, 2.45) is 0 Å². The smallest absolute Gasteiger partial charge is 0.328 e. The molecule has 0 aromatic heterocycles. The number of nitrogens with one attached hydrogen (secondary N) is 3. The second-order valence-corrected chi connectivity index (χ2v) is 5.48. The van der Waals surface area contributed by atoms with Crippen molar-refractivity contribution >= 4 is 39.3 Å². The number of carbonyl (C=O) groups excluding carboxylic acids is 3. The number of carbonyl (C=O) groups is 3. The third-order valence-electron chi connectivity index (χ3n) is 2.74. The average Bonchev–Trinajstić information content (AvgIpc) is 2.60. The van der Waals surface area contributed by atoms with Crippen LogP contribution in [0.25, 0.3) is 0 Å². The predicted octanol–water partition coefficient (Wildman–Crippen LogP) is 1.61. The fourth-order valence-corrected chi connectivity index (χ4v) is 1.87. The lowest BCUT2D eigenvalue weighted by Gasteiger charge is -2.09. The molecule has 0 fully saturated rings. The number of rotatable bonds is 4. The molecule has 0 aliphatic carbocycles. The van der Waals surface area contributed by atoms with Gasteiger partial charge in [0.2, 0.25) is 0 Å². The lowest BCUT2D eigenvalue weighted by atomic mass is 10.3. The molecule has 0 spiro atoms. The normalized spacial score (nSPS) is 9.71. The minimum Gasteiger partial charge on any atom is -0.484 e. The summed E-state index contributed by atoms with van der Waals surface area (Å²) in [5, 5.41) is 2.39. The van der Waals surface area contributed by atoms with Gasteiger partial charge in [-0.2, -0.15) is 0 Å². The monoisotopic (exact) mass is 391 g/mol. The fourth-order valence-electron chi connectivity index (χ4n) is 1.61. The topological polar surface area (TPSA) is 96.5 Å². The molecule has 2 rings (SSSR count). The third kappa shape index (κ3) is 5.73. The largest absolute Gasteiger partial charge is 0.484 e. The Balaban J connectivity index is 1.71. The van der Waals surface area contributed by atoms with Crippen molar-refractivity contribution in [3.63, 3.8) is 0 Å². The highest BCUT2D eigenvalue weighted by Crippen LogP contribution is 2.15. The number of halogens is 1. The summed E-state index contributed by atoms with van der Waals surface area (Å²) in [5.41, 5.74) is 4.58. The molecule has 24 heavy (non-hydrogen) atoms. The highest BCUT2D eigenvalue weighted by atomic mass is 79.9. The van der Waals surface area contributed by atoms with Crippen LogP contribution in [0.4, 0.5) is 5.69 Å². The number of ether oxygens (including phenoxy) is 1. The molecule has 3 N–H and O–H groups in total. The Kier molecular flexibility index (Phi) is 6.32. The van der Waals surface area contributed by atoms with Gasteiger partial charge in [-0.3, -0.25) is 25.2 Å². The maximum absolute atomic E-state index is 11.6. The maximum atomic E-state index is 11.6. The summed E-state index contributed by atoms with van der Waals surface area (Å²) in [6, 6.07) is 15.4. The molecule has 0 unspecified atom stereocenters. The van der Waals surface area contributed by atoms with Gasteiger partial charge in [0.15, 0.2) is 6.61 Å². The van der Waals surface area contributed by atoms with E-state index in [1.807, 2.05) is 5.43 Å². The molecule has 0 radical (unpaired) electrons. The van der Waals surface area contributed by atoms with Crippen LogP contribution in [0.2, 0.25) is 0 Å². The van der Waals surface area contributed by atoms with Gasteiger partial charge in [-0.05, 0) is 36.4 Å². The molecule has 124 valence electrons. The van der Waals surface area contributed by atoms with E-state index in [-0.39, 0.29) is 6.61 Å². The number of benzene rings is 2. The molecule has 2 aromatic carbocycles. The van der Waals surface area contributed by atoms with Crippen LogP contribution < -0.4 is 20.9 Å². The number of anilines is 1. The van der Waals surface area contributed by atoms with E-state index in [9.17, 15) is 14.4 Å². The van der Waals surface area contributed by atoms with E-state index >= 15 is 0 Å². The zero-order valence-electron chi connectivity index (χ0n) is 12.4. The van der Waals surface area contributed by atoms with Gasteiger partial charge in [-0.1, -0.05) is 34.1 Å². The second kappa shape index (κ2) is 8.68. The van der Waals surface area contributed by atoms with E-state index in [4.69, 9.17) is 4.74 Å². The highest BCUT2D eigenvalue weighted by Gasteiger charge is 2.14. The Morgan fingerprint density at radius 2 is 1.54 bits per heavy atom. The van der Waals surface area contributed by atoms with Gasteiger partial charge in [-0.15, -0.1) is 0 Å². The van der Waals surface area contributed by atoms with Crippen LogP contribution in [0.1, 0.15) is 0 Å². The van der Waals surface area contributed by atoms with Crippen LogP contribution in [0.5, 0.6) is 5.75 Å². The first-order chi connectivity index (χ1) is 11.5. The van der Waals surface area contributed by atoms with Gasteiger partial charge >= 0.3 is 11.8 Å². The van der Waals surface area contributed by atoms with Crippen LogP contribution in [-0.2, 0) is 14.4 Å². The van der Waals surface area contributed by atoms with Crippen LogP contribution in [0.15, 0.2) is 59.1 Å². The van der Waals surface area contributed by atoms with Crippen LogP contribution in [0.3, 0.4) is 0 Å². The predicted molar refractivity (Wildman–Crippen MR) is 91.0 cm³/mol. The van der Waals surface area contributed by atoms with Crippen LogP contribution in [0, 0.1) is 0 Å². The first kappa shape index (κ1) is 17.5. The minimum atomic E-state index is -0.990. The average molecular weight is 392 g/mol. The van der Waals surface area contributed by atoms with E-state index < -0.39 is 17.7 Å². The molecule has 3 amide bonds. The van der Waals surface area contributed by atoms with Crippen molar-refractivity contribution in [1.29, 1.82) is 0 Å². The van der Waals surface area contributed by atoms with Crippen molar-refractivity contribution in [3.05, 3.63) is 59.1 Å². The molecule has 8 heteroatoms. The molecular weight excluding hydrogens is 378 g/mol. The molecule has 0 saturated carbocycles. The Hall–Kier alpha value is -2.87. The SMILES string of the molecule is O=C(COc1ccc(Br)cc1)NNC(=O)C(=O)Nc1ccccc1. The Morgan fingerprint density at radius 1 is 0.875 bits per heavy atom. The summed E-state index contributed by atoms with van der Waals surface area (Å²) in [4.78, 5) is 34.8. The van der Waals surface area contributed by atoms with Gasteiger partial charge in [0.1, 0.15) is 5.75 Å². The fraction of sp³-hybridized carbons (Fsp3) is 0.0625. The Bertz CT molecular complexity index is 720. The summed E-state index contributed by atoms with van der Waals surface area (Å²) in [5.74, 6) is -1.98. The van der Waals surface area contributed by atoms with Crippen LogP contribution in [-0.4, -0.2) is 24.3 Å². The maximum Gasteiger partial charge on any atom is 0.328 e. The van der Waals surface area contributed by atoms with Gasteiger partial charge in [-0.25, -0.2) is 0 Å². The molecule has 7 nitrogen and oxygen atoms in total. The molecule has 0 aliphatic heterocycles.